The predicted molar refractivity (Wildman–Crippen MR) is 74.8 cm³/mol. The van der Waals surface area contributed by atoms with Gasteiger partial charge in [-0.25, -0.2) is 9.97 Å². The van der Waals surface area contributed by atoms with Gasteiger partial charge in [0.05, 0.1) is 13.2 Å². The Bertz CT molecular complexity index is 450. The van der Waals surface area contributed by atoms with Crippen molar-refractivity contribution >= 4 is 17.4 Å². The lowest BCUT2D eigenvalue weighted by atomic mass is 10.2. The van der Waals surface area contributed by atoms with E-state index in [-0.39, 0.29) is 0 Å². The lowest BCUT2D eigenvalue weighted by Crippen LogP contribution is -2.44. The van der Waals surface area contributed by atoms with Crippen LogP contribution in [0.3, 0.4) is 0 Å². The standard InChI is InChI=1S/C13H19ClN4O/c1-10-12(14)15-9-16-13(10)18-3-2-11(8-18)17-4-6-19-7-5-17/h9,11H,2-8H2,1H3. The molecule has 2 saturated heterocycles. The average molecular weight is 283 g/mol. The fraction of sp³-hybridized carbons (Fsp3) is 0.692. The molecule has 0 bridgehead atoms. The van der Waals surface area contributed by atoms with Crippen LogP contribution in [0.1, 0.15) is 12.0 Å². The molecular formula is C13H19ClN4O. The Hall–Kier alpha value is -0.910. The Labute approximate surface area is 118 Å². The van der Waals surface area contributed by atoms with Crippen LogP contribution in [-0.4, -0.2) is 60.3 Å². The quantitative estimate of drug-likeness (QED) is 0.766. The van der Waals surface area contributed by atoms with Gasteiger partial charge in [-0.15, -0.1) is 0 Å². The summed E-state index contributed by atoms with van der Waals surface area (Å²) in [5.74, 6) is 0.982. The monoisotopic (exact) mass is 282 g/mol. The highest BCUT2D eigenvalue weighted by molar-refractivity contribution is 6.30. The molecule has 5 nitrogen and oxygen atoms in total. The minimum atomic E-state index is 0.555. The minimum absolute atomic E-state index is 0.555. The van der Waals surface area contributed by atoms with Crippen molar-refractivity contribution in [2.75, 3.05) is 44.3 Å². The maximum Gasteiger partial charge on any atom is 0.137 e. The van der Waals surface area contributed by atoms with Gasteiger partial charge < -0.3 is 9.64 Å². The number of hydrogen-bond donors (Lipinski definition) is 0. The van der Waals surface area contributed by atoms with Crippen molar-refractivity contribution in [3.63, 3.8) is 0 Å². The highest BCUT2D eigenvalue weighted by Crippen LogP contribution is 2.27. The van der Waals surface area contributed by atoms with Crippen LogP contribution in [0.25, 0.3) is 0 Å². The van der Waals surface area contributed by atoms with Gasteiger partial charge in [0.15, 0.2) is 0 Å². The first-order valence-electron chi connectivity index (χ1n) is 6.79. The summed E-state index contributed by atoms with van der Waals surface area (Å²) >= 11 is 6.07. The van der Waals surface area contributed by atoms with Gasteiger partial charge in [0.1, 0.15) is 17.3 Å². The molecule has 2 fully saturated rings. The van der Waals surface area contributed by atoms with Gasteiger partial charge in [-0.05, 0) is 13.3 Å². The molecule has 1 atom stereocenters. The fourth-order valence-corrected chi connectivity index (χ4v) is 3.04. The van der Waals surface area contributed by atoms with E-state index in [0.717, 1.165) is 50.8 Å². The number of halogens is 1. The number of rotatable bonds is 2. The Kier molecular flexibility index (Phi) is 3.86. The first kappa shape index (κ1) is 13.1. The highest BCUT2D eigenvalue weighted by atomic mass is 35.5. The summed E-state index contributed by atoms with van der Waals surface area (Å²) in [6.07, 6.45) is 2.73. The van der Waals surface area contributed by atoms with Crippen LogP contribution < -0.4 is 4.90 Å². The summed E-state index contributed by atoms with van der Waals surface area (Å²) in [5, 5.41) is 0.555. The molecule has 104 valence electrons. The molecule has 2 aliphatic rings. The van der Waals surface area contributed by atoms with Crippen molar-refractivity contribution in [2.45, 2.75) is 19.4 Å². The summed E-state index contributed by atoms with van der Waals surface area (Å²) in [6, 6.07) is 0.608. The number of ether oxygens (including phenoxy) is 1. The van der Waals surface area contributed by atoms with E-state index in [1.54, 1.807) is 6.33 Å². The van der Waals surface area contributed by atoms with Crippen molar-refractivity contribution in [2.24, 2.45) is 0 Å². The van der Waals surface area contributed by atoms with E-state index in [1.807, 2.05) is 6.92 Å². The Morgan fingerprint density at radius 1 is 1.26 bits per heavy atom. The fourth-order valence-electron chi connectivity index (χ4n) is 2.91. The number of morpholine rings is 1. The van der Waals surface area contributed by atoms with Crippen molar-refractivity contribution < 1.29 is 4.74 Å². The Morgan fingerprint density at radius 3 is 2.84 bits per heavy atom. The molecule has 0 spiro atoms. The average Bonchev–Trinajstić information content (AvgIpc) is 2.92. The van der Waals surface area contributed by atoms with Gasteiger partial charge in [0.2, 0.25) is 0 Å². The van der Waals surface area contributed by atoms with Crippen molar-refractivity contribution in [3.05, 3.63) is 17.0 Å². The third-order valence-corrected chi connectivity index (χ3v) is 4.40. The van der Waals surface area contributed by atoms with E-state index in [2.05, 4.69) is 19.8 Å². The predicted octanol–water partition coefficient (Wildman–Crippen LogP) is 1.35. The first-order valence-corrected chi connectivity index (χ1v) is 7.17. The Morgan fingerprint density at radius 2 is 2.05 bits per heavy atom. The van der Waals surface area contributed by atoms with Gasteiger partial charge >= 0.3 is 0 Å². The molecule has 1 aromatic heterocycles. The molecule has 0 saturated carbocycles. The molecular weight excluding hydrogens is 264 g/mol. The van der Waals surface area contributed by atoms with Crippen LogP contribution in [0.4, 0.5) is 5.82 Å². The van der Waals surface area contributed by atoms with E-state index in [9.17, 15) is 0 Å². The minimum Gasteiger partial charge on any atom is -0.379 e. The second-order valence-corrected chi connectivity index (χ2v) is 5.51. The molecule has 0 N–H and O–H groups in total. The van der Waals surface area contributed by atoms with Crippen LogP contribution in [0, 0.1) is 6.92 Å². The summed E-state index contributed by atoms with van der Waals surface area (Å²) in [7, 11) is 0. The number of hydrogen-bond acceptors (Lipinski definition) is 5. The van der Waals surface area contributed by atoms with Gasteiger partial charge in [-0.1, -0.05) is 11.6 Å². The van der Waals surface area contributed by atoms with E-state index >= 15 is 0 Å². The Balaban J connectivity index is 1.69. The molecule has 3 rings (SSSR count). The second-order valence-electron chi connectivity index (χ2n) is 5.15. The number of aromatic nitrogens is 2. The SMILES string of the molecule is Cc1c(Cl)ncnc1N1CCC(N2CCOCC2)C1. The molecule has 19 heavy (non-hydrogen) atoms. The molecule has 1 unspecified atom stereocenters. The summed E-state index contributed by atoms with van der Waals surface area (Å²) in [4.78, 5) is 13.3. The van der Waals surface area contributed by atoms with Gasteiger partial charge in [-0.2, -0.15) is 0 Å². The van der Waals surface area contributed by atoms with Gasteiger partial charge in [0, 0.05) is 37.8 Å². The zero-order chi connectivity index (χ0) is 13.2. The van der Waals surface area contributed by atoms with Crippen molar-refractivity contribution in [1.82, 2.24) is 14.9 Å². The van der Waals surface area contributed by atoms with Crippen LogP contribution in [0.2, 0.25) is 5.15 Å². The molecule has 6 heteroatoms. The topological polar surface area (TPSA) is 41.5 Å². The third-order valence-electron chi connectivity index (χ3n) is 4.02. The molecule has 0 amide bonds. The smallest absolute Gasteiger partial charge is 0.137 e. The van der Waals surface area contributed by atoms with E-state index < -0.39 is 0 Å². The highest BCUT2D eigenvalue weighted by Gasteiger charge is 2.30. The second kappa shape index (κ2) is 5.61. The van der Waals surface area contributed by atoms with Gasteiger partial charge in [-0.3, -0.25) is 4.90 Å². The number of nitrogens with zero attached hydrogens (tertiary/aromatic N) is 4. The van der Waals surface area contributed by atoms with Crippen molar-refractivity contribution in [1.29, 1.82) is 0 Å². The van der Waals surface area contributed by atoms with Crippen LogP contribution >= 0.6 is 11.6 Å². The molecule has 2 aliphatic heterocycles. The first-order chi connectivity index (χ1) is 9.25. The maximum atomic E-state index is 6.07. The zero-order valence-corrected chi connectivity index (χ0v) is 11.9. The largest absolute Gasteiger partial charge is 0.379 e. The van der Waals surface area contributed by atoms with E-state index in [1.165, 1.54) is 6.42 Å². The van der Waals surface area contributed by atoms with E-state index in [0.29, 0.717) is 11.2 Å². The molecule has 3 heterocycles. The lowest BCUT2D eigenvalue weighted by molar-refractivity contribution is 0.0209. The van der Waals surface area contributed by atoms with Crippen molar-refractivity contribution in [3.8, 4) is 0 Å². The van der Waals surface area contributed by atoms with Gasteiger partial charge in [0.25, 0.3) is 0 Å². The summed E-state index contributed by atoms with van der Waals surface area (Å²) in [5.41, 5.74) is 0.979. The molecule has 1 aromatic rings. The van der Waals surface area contributed by atoms with E-state index in [4.69, 9.17) is 16.3 Å². The number of anilines is 1. The van der Waals surface area contributed by atoms with Crippen LogP contribution in [0.15, 0.2) is 6.33 Å². The zero-order valence-electron chi connectivity index (χ0n) is 11.2. The lowest BCUT2D eigenvalue weighted by Gasteiger charge is -2.32. The summed E-state index contributed by atoms with van der Waals surface area (Å²) < 4.78 is 5.41. The van der Waals surface area contributed by atoms with Crippen LogP contribution in [-0.2, 0) is 4.74 Å². The maximum absolute atomic E-state index is 6.07. The molecule has 0 radical (unpaired) electrons. The molecule has 0 aromatic carbocycles. The molecule has 0 aliphatic carbocycles. The van der Waals surface area contributed by atoms with Crippen LogP contribution in [0.5, 0.6) is 0 Å². The summed E-state index contributed by atoms with van der Waals surface area (Å²) in [6.45, 7) is 7.85. The third kappa shape index (κ3) is 2.68. The normalized spacial score (nSPS) is 24.9.